The normalized spacial score (nSPS) is 26.7. The second-order valence-corrected chi connectivity index (χ2v) is 5.73. The fraction of sp³-hybridized carbons (Fsp3) is 0.571. The Hall–Kier alpha value is -1.62. The number of likely N-dealkylation sites (tertiary alicyclic amines) is 1. The highest BCUT2D eigenvalue weighted by Gasteiger charge is 2.36. The minimum atomic E-state index is -0.447. The number of fused-ring (bicyclic) bond motifs is 4. The summed E-state index contributed by atoms with van der Waals surface area (Å²) in [5.41, 5.74) is 6.82. The van der Waals surface area contributed by atoms with Crippen molar-refractivity contribution < 1.29 is 4.79 Å². The molecule has 3 atom stereocenters. The highest BCUT2D eigenvalue weighted by atomic mass is 16.2. The van der Waals surface area contributed by atoms with E-state index in [0.29, 0.717) is 19.0 Å². The Balaban J connectivity index is 1.92. The number of nitrogens with zero attached hydrogens (tertiary/aromatic N) is 2. The van der Waals surface area contributed by atoms with Gasteiger partial charge in [-0.1, -0.05) is 6.07 Å². The molecule has 3 rings (SSSR count). The largest absolute Gasteiger partial charge is 0.340 e. The van der Waals surface area contributed by atoms with Gasteiger partial charge < -0.3 is 15.2 Å². The van der Waals surface area contributed by atoms with E-state index in [9.17, 15) is 9.59 Å². The molecule has 0 radical (unpaired) electrons. The van der Waals surface area contributed by atoms with Crippen LogP contribution < -0.4 is 11.3 Å². The number of hydrogen-bond acceptors (Lipinski definition) is 3. The summed E-state index contributed by atoms with van der Waals surface area (Å²) in [6.07, 6.45) is 1.06. The molecule has 1 amide bonds. The summed E-state index contributed by atoms with van der Waals surface area (Å²) in [5, 5.41) is 0. The van der Waals surface area contributed by atoms with Crippen LogP contribution in [0, 0.1) is 5.92 Å². The highest BCUT2D eigenvalue weighted by Crippen LogP contribution is 2.34. The van der Waals surface area contributed by atoms with Crippen molar-refractivity contribution in [3.63, 3.8) is 0 Å². The second-order valence-electron chi connectivity index (χ2n) is 5.73. The lowest BCUT2D eigenvalue weighted by Crippen LogP contribution is -2.52. The van der Waals surface area contributed by atoms with Gasteiger partial charge in [0, 0.05) is 37.3 Å². The molecule has 3 heterocycles. The zero-order valence-corrected chi connectivity index (χ0v) is 11.1. The molecule has 1 fully saturated rings. The number of piperidine rings is 1. The lowest BCUT2D eigenvalue weighted by molar-refractivity contribution is -0.134. The van der Waals surface area contributed by atoms with Crippen LogP contribution in [0.5, 0.6) is 0 Å². The van der Waals surface area contributed by atoms with Crippen LogP contribution in [-0.2, 0) is 11.3 Å². The Morgan fingerprint density at radius 2 is 2.16 bits per heavy atom. The molecule has 1 aromatic heterocycles. The molecule has 2 N–H and O–H groups in total. The average Bonchev–Trinajstić information content (AvgIpc) is 2.39. The van der Waals surface area contributed by atoms with E-state index in [0.717, 1.165) is 18.7 Å². The van der Waals surface area contributed by atoms with Crippen LogP contribution in [0.15, 0.2) is 23.0 Å². The number of nitrogens with two attached hydrogens (primary N) is 1. The molecule has 1 unspecified atom stereocenters. The van der Waals surface area contributed by atoms with Crippen molar-refractivity contribution in [1.29, 1.82) is 0 Å². The number of carbonyl (C=O) groups excluding carboxylic acids is 1. The Kier molecular flexibility index (Phi) is 2.93. The first-order valence-electron chi connectivity index (χ1n) is 6.80. The summed E-state index contributed by atoms with van der Waals surface area (Å²) in [6, 6.07) is 4.97. The van der Waals surface area contributed by atoms with Gasteiger partial charge in [-0.05, 0) is 25.3 Å². The van der Waals surface area contributed by atoms with E-state index in [2.05, 4.69) is 0 Å². The number of hydrogen-bond donors (Lipinski definition) is 1. The van der Waals surface area contributed by atoms with Crippen molar-refractivity contribution in [3.05, 3.63) is 34.2 Å². The SMILES string of the molecule is C[C@H](N)C(=O)N1CC2C[C@@H](C1)c1cccc(=O)n1C2. The fourth-order valence-electron chi connectivity index (χ4n) is 3.36. The minimum Gasteiger partial charge on any atom is -0.340 e. The lowest BCUT2D eigenvalue weighted by atomic mass is 9.83. The number of carbonyl (C=O) groups is 1. The van der Waals surface area contributed by atoms with Gasteiger partial charge in [-0.2, -0.15) is 0 Å². The van der Waals surface area contributed by atoms with E-state index >= 15 is 0 Å². The summed E-state index contributed by atoms with van der Waals surface area (Å²) >= 11 is 0. The summed E-state index contributed by atoms with van der Waals surface area (Å²) in [5.74, 6) is 0.652. The Morgan fingerprint density at radius 1 is 1.37 bits per heavy atom. The molecule has 5 nitrogen and oxygen atoms in total. The quantitative estimate of drug-likeness (QED) is 0.782. The van der Waals surface area contributed by atoms with Crippen molar-refractivity contribution in [2.75, 3.05) is 13.1 Å². The van der Waals surface area contributed by atoms with Crippen molar-refractivity contribution >= 4 is 5.91 Å². The van der Waals surface area contributed by atoms with Crippen LogP contribution >= 0.6 is 0 Å². The predicted molar refractivity (Wildman–Crippen MR) is 71.8 cm³/mol. The molecule has 2 bridgehead atoms. The standard InChI is InChI=1S/C14H19N3O2/c1-9(15)14(19)16-6-10-5-11(8-16)12-3-2-4-13(18)17(12)7-10/h2-4,9-11H,5-8,15H2,1H3/t9-,10?,11-/m0/s1. The molecule has 19 heavy (non-hydrogen) atoms. The molecule has 0 aromatic carbocycles. The Labute approximate surface area is 112 Å². The van der Waals surface area contributed by atoms with Crippen LogP contribution in [0.25, 0.3) is 0 Å². The maximum Gasteiger partial charge on any atom is 0.250 e. The first-order chi connectivity index (χ1) is 9.06. The van der Waals surface area contributed by atoms with Gasteiger partial charge in [0.2, 0.25) is 5.91 Å². The number of pyridine rings is 1. The molecule has 0 saturated carbocycles. The Bertz CT molecular complexity index is 564. The van der Waals surface area contributed by atoms with Crippen LogP contribution in [-0.4, -0.2) is 34.5 Å². The van der Waals surface area contributed by atoms with Gasteiger partial charge in [-0.15, -0.1) is 0 Å². The van der Waals surface area contributed by atoms with E-state index in [1.807, 2.05) is 15.5 Å². The first-order valence-corrected chi connectivity index (χ1v) is 6.80. The van der Waals surface area contributed by atoms with Gasteiger partial charge in [0.05, 0.1) is 6.04 Å². The third kappa shape index (κ3) is 2.08. The highest BCUT2D eigenvalue weighted by molar-refractivity contribution is 5.81. The van der Waals surface area contributed by atoms with Gasteiger partial charge >= 0.3 is 0 Å². The minimum absolute atomic E-state index is 0.0152. The van der Waals surface area contributed by atoms with E-state index in [1.54, 1.807) is 19.1 Å². The molecule has 5 heteroatoms. The fourth-order valence-corrected chi connectivity index (χ4v) is 3.36. The van der Waals surface area contributed by atoms with E-state index in [1.165, 1.54) is 0 Å². The molecule has 102 valence electrons. The average molecular weight is 261 g/mol. The van der Waals surface area contributed by atoms with Crippen LogP contribution in [0.2, 0.25) is 0 Å². The van der Waals surface area contributed by atoms with Gasteiger partial charge in [-0.3, -0.25) is 9.59 Å². The topological polar surface area (TPSA) is 68.3 Å². The maximum absolute atomic E-state index is 12.0. The number of aromatic nitrogens is 1. The van der Waals surface area contributed by atoms with Crippen LogP contribution in [0.3, 0.4) is 0 Å². The van der Waals surface area contributed by atoms with Crippen molar-refractivity contribution in [2.24, 2.45) is 11.7 Å². The summed E-state index contributed by atoms with van der Waals surface area (Å²) in [4.78, 5) is 25.8. The van der Waals surface area contributed by atoms with Crippen molar-refractivity contribution in [2.45, 2.75) is 31.8 Å². The van der Waals surface area contributed by atoms with E-state index < -0.39 is 6.04 Å². The summed E-state index contributed by atoms with van der Waals surface area (Å²) in [7, 11) is 0. The summed E-state index contributed by atoms with van der Waals surface area (Å²) in [6.45, 7) is 3.84. The Morgan fingerprint density at radius 3 is 2.89 bits per heavy atom. The smallest absolute Gasteiger partial charge is 0.250 e. The third-order valence-corrected chi connectivity index (χ3v) is 4.18. The summed E-state index contributed by atoms with van der Waals surface area (Å²) < 4.78 is 1.87. The molecular formula is C14H19N3O2. The second kappa shape index (κ2) is 4.49. The lowest BCUT2D eigenvalue weighted by Gasteiger charge is -2.43. The van der Waals surface area contributed by atoms with Crippen molar-refractivity contribution in [1.82, 2.24) is 9.47 Å². The molecule has 1 aromatic rings. The third-order valence-electron chi connectivity index (χ3n) is 4.18. The number of rotatable bonds is 1. The van der Waals surface area contributed by atoms with Gasteiger partial charge in [0.25, 0.3) is 5.56 Å². The number of amides is 1. The van der Waals surface area contributed by atoms with E-state index in [4.69, 9.17) is 5.73 Å². The first kappa shape index (κ1) is 12.4. The zero-order valence-electron chi connectivity index (χ0n) is 11.1. The van der Waals surface area contributed by atoms with Gasteiger partial charge in [-0.25, -0.2) is 0 Å². The molecule has 2 aliphatic rings. The molecular weight excluding hydrogens is 242 g/mol. The van der Waals surface area contributed by atoms with Crippen molar-refractivity contribution in [3.8, 4) is 0 Å². The molecule has 2 aliphatic heterocycles. The molecule has 0 aliphatic carbocycles. The van der Waals surface area contributed by atoms with Gasteiger partial charge in [0.1, 0.15) is 0 Å². The maximum atomic E-state index is 12.0. The van der Waals surface area contributed by atoms with E-state index in [-0.39, 0.29) is 17.4 Å². The van der Waals surface area contributed by atoms with Crippen LogP contribution in [0.4, 0.5) is 0 Å². The zero-order chi connectivity index (χ0) is 13.6. The predicted octanol–water partition coefficient (Wildman–Crippen LogP) is 0.141. The van der Waals surface area contributed by atoms with Gasteiger partial charge in [0.15, 0.2) is 0 Å². The molecule has 1 saturated heterocycles. The van der Waals surface area contributed by atoms with Crippen LogP contribution in [0.1, 0.15) is 25.0 Å². The molecule has 0 spiro atoms. The monoisotopic (exact) mass is 261 g/mol.